The molecule has 0 aromatic carbocycles. The molecule has 0 spiro atoms. The molecule has 1 fully saturated rings. The summed E-state index contributed by atoms with van der Waals surface area (Å²) in [6.07, 6.45) is 3.41. The molecule has 1 aliphatic carbocycles. The standard InChI is InChI=1S/C6H6N2O3.C4H7NO/c1-11-4-2-3-7-8-5(4)6(9)10;5-4(6)3-1-2-3/h2-3H,1H3,(H,9,10);3H,1-2H2,(H2,5,6). The van der Waals surface area contributed by atoms with E-state index >= 15 is 0 Å². The minimum atomic E-state index is -1.14. The van der Waals surface area contributed by atoms with Crippen molar-refractivity contribution in [2.75, 3.05) is 7.11 Å². The van der Waals surface area contributed by atoms with Gasteiger partial charge in [-0.25, -0.2) is 4.79 Å². The van der Waals surface area contributed by atoms with Crippen molar-refractivity contribution in [1.82, 2.24) is 10.2 Å². The highest BCUT2D eigenvalue weighted by molar-refractivity contribution is 5.88. The van der Waals surface area contributed by atoms with Gasteiger partial charge in [0.05, 0.1) is 13.3 Å². The number of carboxylic acid groups (broad SMARTS) is 1. The second-order valence-corrected chi connectivity index (χ2v) is 3.43. The second-order valence-electron chi connectivity index (χ2n) is 3.43. The fraction of sp³-hybridized carbons (Fsp3) is 0.400. The third kappa shape index (κ3) is 4.06. The fourth-order valence-electron chi connectivity index (χ4n) is 1.00. The first-order chi connectivity index (χ1) is 8.06. The zero-order valence-electron chi connectivity index (χ0n) is 9.29. The van der Waals surface area contributed by atoms with Gasteiger partial charge in [0.15, 0.2) is 5.75 Å². The number of carboxylic acids is 1. The summed E-state index contributed by atoms with van der Waals surface area (Å²) in [5, 5.41) is 15.3. The number of carbonyl (C=O) groups is 2. The second kappa shape index (κ2) is 5.78. The number of aromatic nitrogens is 2. The first kappa shape index (κ1) is 12.9. The van der Waals surface area contributed by atoms with Crippen molar-refractivity contribution in [3.8, 4) is 5.75 Å². The summed E-state index contributed by atoms with van der Waals surface area (Å²) >= 11 is 0. The van der Waals surface area contributed by atoms with E-state index in [2.05, 4.69) is 10.2 Å². The average molecular weight is 239 g/mol. The minimum absolute atomic E-state index is 0.130. The third-order valence-electron chi connectivity index (χ3n) is 2.09. The summed E-state index contributed by atoms with van der Waals surface area (Å²) < 4.78 is 4.72. The minimum Gasteiger partial charge on any atom is -0.494 e. The van der Waals surface area contributed by atoms with Crippen molar-refractivity contribution < 1.29 is 19.4 Å². The van der Waals surface area contributed by atoms with Gasteiger partial charge in [-0.1, -0.05) is 0 Å². The number of primary amides is 1. The zero-order chi connectivity index (χ0) is 12.8. The lowest BCUT2D eigenvalue weighted by atomic mass is 10.3. The van der Waals surface area contributed by atoms with E-state index in [-0.39, 0.29) is 23.3 Å². The van der Waals surface area contributed by atoms with Crippen LogP contribution in [0.1, 0.15) is 23.3 Å². The number of hydrogen-bond acceptors (Lipinski definition) is 5. The molecular formula is C10H13N3O4. The molecule has 1 amide bonds. The molecule has 7 heteroatoms. The van der Waals surface area contributed by atoms with Gasteiger partial charge < -0.3 is 15.6 Å². The summed E-state index contributed by atoms with van der Waals surface area (Å²) in [5.74, 6) is -0.817. The predicted molar refractivity (Wildman–Crippen MR) is 57.5 cm³/mol. The molecule has 1 aliphatic rings. The van der Waals surface area contributed by atoms with Crippen molar-refractivity contribution >= 4 is 11.9 Å². The lowest BCUT2D eigenvalue weighted by molar-refractivity contribution is -0.119. The van der Waals surface area contributed by atoms with Crippen LogP contribution in [0.2, 0.25) is 0 Å². The van der Waals surface area contributed by atoms with Gasteiger partial charge in [-0.15, -0.1) is 5.10 Å². The fourth-order valence-corrected chi connectivity index (χ4v) is 1.00. The maximum Gasteiger partial charge on any atom is 0.360 e. The number of rotatable bonds is 3. The van der Waals surface area contributed by atoms with Crippen LogP contribution in [0, 0.1) is 5.92 Å². The van der Waals surface area contributed by atoms with Crippen LogP contribution in [0.15, 0.2) is 12.3 Å². The number of aromatic carboxylic acids is 1. The molecule has 0 atom stereocenters. The van der Waals surface area contributed by atoms with Gasteiger partial charge in [-0.3, -0.25) is 4.79 Å². The van der Waals surface area contributed by atoms with Crippen LogP contribution < -0.4 is 10.5 Å². The molecule has 0 unspecified atom stereocenters. The first-order valence-electron chi connectivity index (χ1n) is 4.94. The van der Waals surface area contributed by atoms with E-state index in [9.17, 15) is 9.59 Å². The van der Waals surface area contributed by atoms with Gasteiger partial charge in [0.1, 0.15) is 0 Å². The van der Waals surface area contributed by atoms with Crippen molar-refractivity contribution in [3.63, 3.8) is 0 Å². The quantitative estimate of drug-likeness (QED) is 0.770. The Morgan fingerprint density at radius 1 is 1.53 bits per heavy atom. The van der Waals surface area contributed by atoms with Crippen molar-refractivity contribution in [2.24, 2.45) is 11.7 Å². The topological polar surface area (TPSA) is 115 Å². The maximum absolute atomic E-state index is 10.4. The highest BCUT2D eigenvalue weighted by Crippen LogP contribution is 2.27. The zero-order valence-corrected chi connectivity index (χ0v) is 9.29. The largest absolute Gasteiger partial charge is 0.494 e. The van der Waals surface area contributed by atoms with Crippen LogP contribution >= 0.6 is 0 Å². The Hall–Kier alpha value is -2.18. The van der Waals surface area contributed by atoms with Crippen LogP contribution in [0.3, 0.4) is 0 Å². The van der Waals surface area contributed by atoms with Crippen LogP contribution in [0.4, 0.5) is 0 Å². The van der Waals surface area contributed by atoms with Gasteiger partial charge in [-0.2, -0.15) is 5.10 Å². The number of amides is 1. The van der Waals surface area contributed by atoms with Gasteiger partial charge in [0.25, 0.3) is 0 Å². The average Bonchev–Trinajstić information content (AvgIpc) is 3.13. The van der Waals surface area contributed by atoms with E-state index in [0.717, 1.165) is 12.8 Å². The number of hydrogen-bond donors (Lipinski definition) is 2. The molecule has 1 aromatic heterocycles. The van der Waals surface area contributed by atoms with E-state index in [1.165, 1.54) is 19.4 Å². The van der Waals surface area contributed by atoms with E-state index < -0.39 is 5.97 Å². The molecule has 17 heavy (non-hydrogen) atoms. The molecule has 0 saturated heterocycles. The maximum atomic E-state index is 10.4. The van der Waals surface area contributed by atoms with Crippen LogP contribution in [-0.2, 0) is 4.79 Å². The number of nitrogens with zero attached hydrogens (tertiary/aromatic N) is 2. The smallest absolute Gasteiger partial charge is 0.360 e. The highest BCUT2D eigenvalue weighted by atomic mass is 16.5. The molecule has 3 N–H and O–H groups in total. The van der Waals surface area contributed by atoms with Gasteiger partial charge in [0, 0.05) is 12.0 Å². The normalized spacial score (nSPS) is 13.2. The Bertz CT molecular complexity index is 418. The molecule has 1 aromatic rings. The molecule has 2 rings (SSSR count). The Kier molecular flexibility index (Phi) is 4.38. The van der Waals surface area contributed by atoms with E-state index in [1.807, 2.05) is 0 Å². The summed E-state index contributed by atoms with van der Waals surface area (Å²) in [5.41, 5.74) is 4.69. The third-order valence-corrected chi connectivity index (χ3v) is 2.09. The molecule has 7 nitrogen and oxygen atoms in total. The monoisotopic (exact) mass is 239 g/mol. The predicted octanol–water partition coefficient (Wildman–Crippen LogP) is 0.0651. The molecule has 1 saturated carbocycles. The number of carbonyl (C=O) groups excluding carboxylic acids is 1. The lowest BCUT2D eigenvalue weighted by Crippen LogP contribution is -2.11. The number of ether oxygens (including phenoxy) is 1. The SMILES string of the molecule is COc1ccnnc1C(=O)O.NC(=O)C1CC1. The molecular weight excluding hydrogens is 226 g/mol. The first-order valence-corrected chi connectivity index (χ1v) is 4.94. The molecule has 1 heterocycles. The van der Waals surface area contributed by atoms with Gasteiger partial charge >= 0.3 is 5.97 Å². The van der Waals surface area contributed by atoms with E-state index in [4.69, 9.17) is 15.6 Å². The number of methoxy groups -OCH3 is 1. The molecule has 0 aliphatic heterocycles. The lowest BCUT2D eigenvalue weighted by Gasteiger charge is -1.99. The highest BCUT2D eigenvalue weighted by Gasteiger charge is 2.26. The van der Waals surface area contributed by atoms with E-state index in [1.54, 1.807) is 0 Å². The van der Waals surface area contributed by atoms with Crippen molar-refractivity contribution in [1.29, 1.82) is 0 Å². The molecule has 0 bridgehead atoms. The van der Waals surface area contributed by atoms with Crippen molar-refractivity contribution in [3.05, 3.63) is 18.0 Å². The molecule has 92 valence electrons. The van der Waals surface area contributed by atoms with Gasteiger partial charge in [-0.05, 0) is 12.8 Å². The van der Waals surface area contributed by atoms with Crippen molar-refractivity contribution in [2.45, 2.75) is 12.8 Å². The van der Waals surface area contributed by atoms with Crippen LogP contribution in [-0.4, -0.2) is 34.3 Å². The summed E-state index contributed by atoms with van der Waals surface area (Å²) in [7, 11) is 1.38. The summed E-state index contributed by atoms with van der Waals surface area (Å²) in [6, 6.07) is 1.44. The van der Waals surface area contributed by atoms with Crippen LogP contribution in [0.25, 0.3) is 0 Å². The molecule has 0 radical (unpaired) electrons. The Balaban J connectivity index is 0.000000202. The Morgan fingerprint density at radius 2 is 2.18 bits per heavy atom. The van der Waals surface area contributed by atoms with E-state index in [0.29, 0.717) is 0 Å². The van der Waals surface area contributed by atoms with Gasteiger partial charge in [0.2, 0.25) is 11.6 Å². The summed E-state index contributed by atoms with van der Waals surface area (Å²) in [6.45, 7) is 0. The van der Waals surface area contributed by atoms with Crippen LogP contribution in [0.5, 0.6) is 5.75 Å². The number of nitrogens with two attached hydrogens (primary N) is 1. The summed E-state index contributed by atoms with van der Waals surface area (Å²) in [4.78, 5) is 20.4. The Labute approximate surface area is 97.6 Å². The Morgan fingerprint density at radius 3 is 2.47 bits per heavy atom.